The van der Waals surface area contributed by atoms with Gasteiger partial charge in [-0.2, -0.15) is 0 Å². The summed E-state index contributed by atoms with van der Waals surface area (Å²) in [6.45, 7) is 0. The molecule has 0 bridgehead atoms. The third-order valence-corrected chi connectivity index (χ3v) is 20.1. The summed E-state index contributed by atoms with van der Waals surface area (Å²) in [4.78, 5) is 4.67. The molecule has 0 fully saturated rings. The summed E-state index contributed by atoms with van der Waals surface area (Å²) < 4.78 is 5.32. The molecule has 0 saturated heterocycles. The van der Waals surface area contributed by atoms with E-state index in [1.165, 1.54) is 118 Å². The van der Waals surface area contributed by atoms with Gasteiger partial charge in [-0.3, -0.25) is 0 Å². The van der Waals surface area contributed by atoms with Gasteiger partial charge in [-0.25, -0.2) is 0 Å². The third kappa shape index (κ3) is 11.9. The average Bonchev–Trinajstić information content (AvgIpc) is 2.97. The molecule has 0 amide bonds. The Balaban J connectivity index is 0.000000150. The molecule has 0 atom stereocenters. The Morgan fingerprint density at radius 2 is 0.340 bits per heavy atom. The molecule has 0 N–H and O–H groups in total. The highest BCUT2D eigenvalue weighted by Gasteiger charge is 2.18. The minimum Gasteiger partial charge on any atom is -0.311 e. The Morgan fingerprint density at radius 3 is 0.649 bits per heavy atom. The van der Waals surface area contributed by atoms with Crippen LogP contribution in [-0.4, -0.2) is 0 Å². The van der Waals surface area contributed by atoms with Gasteiger partial charge in [-0.1, -0.05) is 273 Å². The first-order valence-corrected chi connectivity index (χ1v) is 33.6. The van der Waals surface area contributed by atoms with Crippen LogP contribution in [0.25, 0.3) is 118 Å². The number of hydrogen-bond acceptors (Lipinski definition) is 4. The van der Waals surface area contributed by atoms with Crippen molar-refractivity contribution in [3.8, 4) is 77.9 Å². The van der Waals surface area contributed by atoms with Crippen molar-refractivity contribution in [1.82, 2.24) is 0 Å². The SMILES string of the molecule is c1ccc(-c2ccc(N(c3ccc(-c4ccccc4)cc3)c3ccc(-c4ccc5c(c4)sc4ccccc45)cc3)cc2)cc1.c1ccc(-c2ccc(N(c3ccc(-c4ccccc4)cc3)c3ccc(-c4cccc(-c5ccc6c(c5)sc5ccccc56)c4)cc3)cc2)cc1. The standard InChI is InChI=1S/C48H33NS.C42H29NS/c1-3-10-34(11-4-1)36-18-25-42(26-19-36)49(43-27-20-37(21-28-43)35-12-5-2-6-13-35)44-29-22-38(23-30-44)39-14-9-15-40(32-39)41-24-31-46-45-16-7-8-17-47(45)50-48(46)33-41;1-3-9-30(10-4-1)32-15-22-36(23-16-32)43(37-24-17-33(18-25-37)31-11-5-2-6-12-31)38-26-19-34(20-27-38)35-21-28-40-39-13-7-8-14-41(39)44-42(40)29-35/h1-33H;1-29H. The minimum atomic E-state index is 1.11. The highest BCUT2D eigenvalue weighted by Crippen LogP contribution is 2.43. The third-order valence-electron chi connectivity index (χ3n) is 17.8. The maximum absolute atomic E-state index is 2.34. The Hall–Kier alpha value is -11.7. The fraction of sp³-hybridized carbons (Fsp3) is 0. The summed E-state index contributed by atoms with van der Waals surface area (Å²) in [5.74, 6) is 0. The van der Waals surface area contributed by atoms with Gasteiger partial charge in [-0.05, 0) is 181 Å². The van der Waals surface area contributed by atoms with Gasteiger partial charge in [0.15, 0.2) is 0 Å². The second-order valence-corrected chi connectivity index (χ2v) is 25.8. The van der Waals surface area contributed by atoms with Crippen LogP contribution in [0.15, 0.2) is 376 Å². The Morgan fingerprint density at radius 1 is 0.138 bits per heavy atom. The maximum atomic E-state index is 2.34. The molecular weight excluding hydrogens is 1170 g/mol. The van der Waals surface area contributed by atoms with Crippen LogP contribution in [-0.2, 0) is 0 Å². The first kappa shape index (κ1) is 57.5. The summed E-state index contributed by atoms with van der Waals surface area (Å²) in [6.07, 6.45) is 0. The topological polar surface area (TPSA) is 6.48 Å². The van der Waals surface area contributed by atoms with Crippen molar-refractivity contribution < 1.29 is 0 Å². The number of benzene rings is 15. The van der Waals surface area contributed by atoms with Gasteiger partial charge < -0.3 is 9.80 Å². The largest absolute Gasteiger partial charge is 0.311 e. The van der Waals surface area contributed by atoms with E-state index >= 15 is 0 Å². The van der Waals surface area contributed by atoms with Crippen molar-refractivity contribution in [2.24, 2.45) is 0 Å². The minimum absolute atomic E-state index is 1.11. The number of fused-ring (bicyclic) bond motifs is 6. The van der Waals surface area contributed by atoms with Crippen molar-refractivity contribution in [2.45, 2.75) is 0 Å². The average molecular weight is 1240 g/mol. The molecule has 94 heavy (non-hydrogen) atoms. The van der Waals surface area contributed by atoms with Crippen molar-refractivity contribution in [2.75, 3.05) is 9.80 Å². The van der Waals surface area contributed by atoms with Gasteiger partial charge >= 0.3 is 0 Å². The molecule has 15 aromatic carbocycles. The summed E-state index contributed by atoms with van der Waals surface area (Å²) >= 11 is 3.73. The van der Waals surface area contributed by atoms with Crippen LogP contribution in [0.5, 0.6) is 0 Å². The lowest BCUT2D eigenvalue weighted by atomic mass is 9.98. The van der Waals surface area contributed by atoms with E-state index < -0.39 is 0 Å². The van der Waals surface area contributed by atoms with Crippen molar-refractivity contribution in [1.29, 1.82) is 0 Å². The van der Waals surface area contributed by atoms with Crippen LogP contribution in [0.3, 0.4) is 0 Å². The highest BCUT2D eigenvalue weighted by atomic mass is 32.1. The zero-order valence-electron chi connectivity index (χ0n) is 51.5. The Kier molecular flexibility index (Phi) is 15.8. The summed E-state index contributed by atoms with van der Waals surface area (Å²) in [5.41, 5.74) is 23.7. The van der Waals surface area contributed by atoms with Crippen LogP contribution < -0.4 is 9.80 Å². The van der Waals surface area contributed by atoms with E-state index in [1.54, 1.807) is 0 Å². The van der Waals surface area contributed by atoms with E-state index in [0.717, 1.165) is 34.1 Å². The number of nitrogens with zero attached hydrogens (tertiary/aromatic N) is 2. The normalized spacial score (nSPS) is 11.2. The number of thiophene rings is 2. The molecule has 0 unspecified atom stereocenters. The molecule has 0 radical (unpaired) electrons. The first-order chi connectivity index (χ1) is 46.6. The van der Waals surface area contributed by atoms with Gasteiger partial charge in [0.2, 0.25) is 0 Å². The zero-order valence-corrected chi connectivity index (χ0v) is 53.1. The predicted octanol–water partition coefficient (Wildman–Crippen LogP) is 26.7. The molecular formula is C90H62N2S2. The lowest BCUT2D eigenvalue weighted by molar-refractivity contribution is 1.28. The summed E-state index contributed by atoms with van der Waals surface area (Å²) in [5, 5.41) is 5.33. The van der Waals surface area contributed by atoms with E-state index in [-0.39, 0.29) is 0 Å². The number of rotatable bonds is 13. The quantitative estimate of drug-likeness (QED) is 0.114. The summed E-state index contributed by atoms with van der Waals surface area (Å²) in [7, 11) is 0. The van der Waals surface area contributed by atoms with Gasteiger partial charge in [-0.15, -0.1) is 22.7 Å². The molecule has 2 heterocycles. The fourth-order valence-electron chi connectivity index (χ4n) is 12.9. The molecule has 17 rings (SSSR count). The predicted molar refractivity (Wildman–Crippen MR) is 406 cm³/mol. The van der Waals surface area contributed by atoms with Crippen molar-refractivity contribution in [3.63, 3.8) is 0 Å². The van der Waals surface area contributed by atoms with Gasteiger partial charge in [0, 0.05) is 74.5 Å². The molecule has 2 nitrogen and oxygen atoms in total. The highest BCUT2D eigenvalue weighted by molar-refractivity contribution is 7.26. The van der Waals surface area contributed by atoms with Gasteiger partial charge in [0.25, 0.3) is 0 Å². The zero-order chi connectivity index (χ0) is 62.6. The van der Waals surface area contributed by atoms with E-state index in [0.29, 0.717) is 0 Å². The van der Waals surface area contributed by atoms with Crippen molar-refractivity contribution >= 4 is 97.1 Å². The number of anilines is 6. The molecule has 0 saturated carbocycles. The molecule has 17 aromatic rings. The lowest BCUT2D eigenvalue weighted by Gasteiger charge is -2.26. The smallest absolute Gasteiger partial charge is 0.0462 e. The monoisotopic (exact) mass is 1230 g/mol. The maximum Gasteiger partial charge on any atom is 0.0462 e. The Bertz CT molecular complexity index is 5250. The molecule has 4 heteroatoms. The van der Waals surface area contributed by atoms with E-state index in [1.807, 2.05) is 22.7 Å². The van der Waals surface area contributed by atoms with Gasteiger partial charge in [0.05, 0.1) is 0 Å². The molecule has 444 valence electrons. The fourth-order valence-corrected chi connectivity index (χ4v) is 15.2. The van der Waals surface area contributed by atoms with Crippen LogP contribution in [0.1, 0.15) is 0 Å². The summed E-state index contributed by atoms with van der Waals surface area (Å²) in [6, 6.07) is 136. The van der Waals surface area contributed by atoms with E-state index in [2.05, 4.69) is 386 Å². The molecule has 0 spiro atoms. The molecule has 0 aliphatic rings. The second kappa shape index (κ2) is 25.9. The van der Waals surface area contributed by atoms with E-state index in [9.17, 15) is 0 Å². The van der Waals surface area contributed by atoms with Crippen LogP contribution >= 0.6 is 22.7 Å². The first-order valence-electron chi connectivity index (χ1n) is 31.9. The van der Waals surface area contributed by atoms with Crippen molar-refractivity contribution in [3.05, 3.63) is 376 Å². The van der Waals surface area contributed by atoms with E-state index in [4.69, 9.17) is 0 Å². The molecule has 2 aromatic heterocycles. The van der Waals surface area contributed by atoms with Crippen LogP contribution in [0.2, 0.25) is 0 Å². The molecule has 0 aliphatic carbocycles. The van der Waals surface area contributed by atoms with Crippen LogP contribution in [0, 0.1) is 0 Å². The van der Waals surface area contributed by atoms with Gasteiger partial charge in [0.1, 0.15) is 0 Å². The lowest BCUT2D eigenvalue weighted by Crippen LogP contribution is -2.09. The number of hydrogen-bond donors (Lipinski definition) is 0. The second-order valence-electron chi connectivity index (χ2n) is 23.6. The van der Waals surface area contributed by atoms with Crippen LogP contribution in [0.4, 0.5) is 34.1 Å². The molecule has 0 aliphatic heterocycles. The Labute approximate surface area is 557 Å².